The molecule has 1 aromatic heterocycles. The van der Waals surface area contributed by atoms with Gasteiger partial charge in [0.1, 0.15) is 5.82 Å². The number of anilines is 1. The van der Waals surface area contributed by atoms with Crippen molar-refractivity contribution in [3.8, 4) is 0 Å². The first-order valence-corrected chi connectivity index (χ1v) is 8.13. The first kappa shape index (κ1) is 15.8. The van der Waals surface area contributed by atoms with E-state index in [0.29, 0.717) is 12.0 Å². The highest BCUT2D eigenvalue weighted by Gasteiger charge is 2.32. The molecule has 0 atom stereocenters. The molecule has 0 radical (unpaired) electrons. The average molecular weight is 289 g/mol. The molecule has 1 amide bonds. The molecular formula is C17H27N3O. The minimum absolute atomic E-state index is 0.155. The Morgan fingerprint density at radius 1 is 1.38 bits per heavy atom. The van der Waals surface area contributed by atoms with Crippen molar-refractivity contribution in [1.82, 2.24) is 9.88 Å². The first-order chi connectivity index (χ1) is 10.1. The Kier molecular flexibility index (Phi) is 5.21. The van der Waals surface area contributed by atoms with Crippen molar-refractivity contribution in [3.05, 3.63) is 23.4 Å². The molecule has 1 fully saturated rings. The highest BCUT2D eigenvalue weighted by Crippen LogP contribution is 2.29. The van der Waals surface area contributed by atoms with Gasteiger partial charge >= 0.3 is 0 Å². The maximum atomic E-state index is 12.8. The van der Waals surface area contributed by atoms with Crippen molar-refractivity contribution in [2.45, 2.75) is 58.9 Å². The number of hydrogen-bond donors (Lipinski definition) is 1. The van der Waals surface area contributed by atoms with E-state index in [9.17, 15) is 4.79 Å². The van der Waals surface area contributed by atoms with Crippen molar-refractivity contribution in [3.63, 3.8) is 0 Å². The number of pyridine rings is 1. The lowest BCUT2D eigenvalue weighted by Crippen LogP contribution is -2.34. The quantitative estimate of drug-likeness (QED) is 0.833. The van der Waals surface area contributed by atoms with E-state index in [1.165, 1.54) is 0 Å². The van der Waals surface area contributed by atoms with E-state index in [4.69, 9.17) is 0 Å². The van der Waals surface area contributed by atoms with Crippen LogP contribution in [-0.4, -0.2) is 34.9 Å². The number of nitrogens with zero attached hydrogens (tertiary/aromatic N) is 2. The fourth-order valence-corrected chi connectivity index (χ4v) is 2.49. The lowest BCUT2D eigenvalue weighted by Gasteiger charge is -2.22. The Labute approximate surface area is 127 Å². The predicted octanol–water partition coefficient (Wildman–Crippen LogP) is 3.65. The van der Waals surface area contributed by atoms with Gasteiger partial charge in [-0.3, -0.25) is 4.79 Å². The Balaban J connectivity index is 2.29. The number of aromatic nitrogens is 1. The van der Waals surface area contributed by atoms with Crippen LogP contribution < -0.4 is 5.32 Å². The number of carbonyl (C=O) groups is 1. The molecule has 1 aromatic rings. The Morgan fingerprint density at radius 3 is 2.62 bits per heavy atom. The number of nitrogens with one attached hydrogen (secondary N) is 1. The molecule has 0 bridgehead atoms. The Bertz CT molecular complexity index is 495. The molecule has 0 aromatic carbocycles. The maximum Gasteiger partial charge on any atom is 0.254 e. The zero-order chi connectivity index (χ0) is 15.4. The molecule has 1 N–H and O–H groups in total. The van der Waals surface area contributed by atoms with E-state index in [2.05, 4.69) is 31.1 Å². The Hall–Kier alpha value is -1.58. The summed E-state index contributed by atoms with van der Waals surface area (Å²) in [6.07, 6.45) is 3.30. The van der Waals surface area contributed by atoms with Crippen LogP contribution in [0.5, 0.6) is 0 Å². The van der Waals surface area contributed by atoms with Crippen LogP contribution in [0.2, 0.25) is 0 Å². The highest BCUT2D eigenvalue weighted by atomic mass is 16.2. The monoisotopic (exact) mass is 289 g/mol. The van der Waals surface area contributed by atoms with Gasteiger partial charge in [-0.05, 0) is 44.2 Å². The number of amides is 1. The molecule has 116 valence electrons. The molecule has 4 heteroatoms. The van der Waals surface area contributed by atoms with Gasteiger partial charge in [0.2, 0.25) is 0 Å². The summed E-state index contributed by atoms with van der Waals surface area (Å²) in [5.41, 5.74) is 1.74. The molecule has 1 saturated carbocycles. The van der Waals surface area contributed by atoms with Crippen molar-refractivity contribution < 1.29 is 4.79 Å². The van der Waals surface area contributed by atoms with E-state index >= 15 is 0 Å². The topological polar surface area (TPSA) is 45.2 Å². The zero-order valence-corrected chi connectivity index (χ0v) is 13.6. The summed E-state index contributed by atoms with van der Waals surface area (Å²) in [4.78, 5) is 19.4. The van der Waals surface area contributed by atoms with Crippen LogP contribution in [-0.2, 0) is 0 Å². The lowest BCUT2D eigenvalue weighted by atomic mass is 10.1. The van der Waals surface area contributed by atoms with Crippen LogP contribution in [0.3, 0.4) is 0 Å². The van der Waals surface area contributed by atoms with Crippen LogP contribution in [0.15, 0.2) is 12.1 Å². The third-order valence-electron chi connectivity index (χ3n) is 3.75. The fraction of sp³-hybridized carbons (Fsp3) is 0.647. The Morgan fingerprint density at radius 2 is 2.10 bits per heavy atom. The summed E-state index contributed by atoms with van der Waals surface area (Å²) >= 11 is 0. The fourth-order valence-electron chi connectivity index (χ4n) is 2.49. The number of carbonyl (C=O) groups excluding carboxylic acids is 1. The molecule has 0 unspecified atom stereocenters. The van der Waals surface area contributed by atoms with Gasteiger partial charge in [-0.15, -0.1) is 0 Å². The molecule has 1 aliphatic rings. The number of rotatable bonds is 7. The van der Waals surface area contributed by atoms with Crippen molar-refractivity contribution in [1.29, 1.82) is 0 Å². The zero-order valence-electron chi connectivity index (χ0n) is 13.6. The molecular weight excluding hydrogens is 262 g/mol. The smallest absolute Gasteiger partial charge is 0.254 e. The summed E-state index contributed by atoms with van der Waals surface area (Å²) in [6.45, 7) is 10.0. The van der Waals surface area contributed by atoms with Crippen molar-refractivity contribution in [2.24, 2.45) is 0 Å². The minimum atomic E-state index is 0.155. The van der Waals surface area contributed by atoms with E-state index in [-0.39, 0.29) is 5.91 Å². The van der Waals surface area contributed by atoms with Crippen LogP contribution in [0, 0.1) is 0 Å². The standard InChI is InChI=1S/C17H27N3O/c1-5-9-20(14-7-8-14)17(21)13-10-15(12(3)4)19-16(11-13)18-6-2/h10-12,14H,5-9H2,1-4H3,(H,18,19). The molecule has 21 heavy (non-hydrogen) atoms. The van der Waals surface area contributed by atoms with Crippen LogP contribution in [0.4, 0.5) is 5.82 Å². The molecule has 4 nitrogen and oxygen atoms in total. The maximum absolute atomic E-state index is 12.8. The van der Waals surface area contributed by atoms with Gasteiger partial charge in [-0.2, -0.15) is 0 Å². The largest absolute Gasteiger partial charge is 0.370 e. The minimum Gasteiger partial charge on any atom is -0.370 e. The van der Waals surface area contributed by atoms with Gasteiger partial charge in [-0.1, -0.05) is 20.8 Å². The molecule has 2 rings (SSSR count). The summed E-state index contributed by atoms with van der Waals surface area (Å²) in [5.74, 6) is 1.28. The van der Waals surface area contributed by atoms with E-state index in [1.54, 1.807) is 0 Å². The van der Waals surface area contributed by atoms with Crippen LogP contribution >= 0.6 is 0 Å². The second kappa shape index (κ2) is 6.92. The number of hydrogen-bond acceptors (Lipinski definition) is 3. The van der Waals surface area contributed by atoms with Gasteiger partial charge in [0.15, 0.2) is 0 Å². The van der Waals surface area contributed by atoms with E-state index < -0.39 is 0 Å². The summed E-state index contributed by atoms with van der Waals surface area (Å²) in [6, 6.07) is 4.30. The van der Waals surface area contributed by atoms with Crippen molar-refractivity contribution in [2.75, 3.05) is 18.4 Å². The second-order valence-corrected chi connectivity index (χ2v) is 6.08. The van der Waals surface area contributed by atoms with Gasteiger partial charge in [0.25, 0.3) is 5.91 Å². The third-order valence-corrected chi connectivity index (χ3v) is 3.75. The lowest BCUT2D eigenvalue weighted by molar-refractivity contribution is 0.0743. The van der Waals surface area contributed by atoms with E-state index in [1.807, 2.05) is 24.0 Å². The van der Waals surface area contributed by atoms with E-state index in [0.717, 1.165) is 49.4 Å². The second-order valence-electron chi connectivity index (χ2n) is 6.08. The normalized spacial score (nSPS) is 14.3. The van der Waals surface area contributed by atoms with Gasteiger partial charge in [-0.25, -0.2) is 4.98 Å². The molecule has 0 spiro atoms. The SMILES string of the molecule is CCCN(C(=O)c1cc(NCC)nc(C(C)C)c1)C1CC1. The molecule has 0 aliphatic heterocycles. The van der Waals surface area contributed by atoms with Crippen LogP contribution in [0.25, 0.3) is 0 Å². The molecule has 0 saturated heterocycles. The molecule has 1 aliphatic carbocycles. The van der Waals surface area contributed by atoms with Crippen LogP contribution in [0.1, 0.15) is 68.9 Å². The van der Waals surface area contributed by atoms with Crippen molar-refractivity contribution >= 4 is 11.7 Å². The molecule has 1 heterocycles. The first-order valence-electron chi connectivity index (χ1n) is 8.13. The summed E-state index contributed by atoms with van der Waals surface area (Å²) in [5, 5.41) is 3.23. The third kappa shape index (κ3) is 3.96. The summed E-state index contributed by atoms with van der Waals surface area (Å²) in [7, 11) is 0. The highest BCUT2D eigenvalue weighted by molar-refractivity contribution is 5.95. The van der Waals surface area contributed by atoms with Gasteiger partial charge in [0.05, 0.1) is 0 Å². The van der Waals surface area contributed by atoms with Gasteiger partial charge in [0, 0.05) is 30.4 Å². The summed E-state index contributed by atoms with van der Waals surface area (Å²) < 4.78 is 0. The predicted molar refractivity (Wildman–Crippen MR) is 86.8 cm³/mol. The average Bonchev–Trinajstić information content (AvgIpc) is 3.28. The van der Waals surface area contributed by atoms with Gasteiger partial charge < -0.3 is 10.2 Å².